The lowest BCUT2D eigenvalue weighted by atomic mass is 9.81. The van der Waals surface area contributed by atoms with Gasteiger partial charge >= 0.3 is 0 Å². The minimum Gasteiger partial charge on any atom is -0.256 e. The lowest BCUT2D eigenvalue weighted by molar-refractivity contribution is 1.33. The average molecular weight is 884 g/mol. The van der Waals surface area contributed by atoms with Crippen LogP contribution < -0.4 is 0 Å². The van der Waals surface area contributed by atoms with Crippen LogP contribution in [0.4, 0.5) is 0 Å². The van der Waals surface area contributed by atoms with E-state index in [0.717, 1.165) is 11.3 Å². The minimum atomic E-state index is 0.984. The number of benzene rings is 12. The molecular weight excluding hydrogens is 843 g/mol. The van der Waals surface area contributed by atoms with Crippen LogP contribution >= 0.6 is 0 Å². The fraction of sp³-hybridized carbons (Fsp3) is 0. The van der Waals surface area contributed by atoms with Crippen LogP contribution in [-0.2, 0) is 0 Å². The Hall–Kier alpha value is -9.17. The molecule has 0 atom stereocenters. The summed E-state index contributed by atoms with van der Waals surface area (Å²) in [4.78, 5) is 4.84. The van der Waals surface area contributed by atoms with Crippen molar-refractivity contribution in [2.24, 2.45) is 0 Å². The standard InChI is InChI=1S/C69H41N/c1-5-19-42(20-6-1)61-51-28-13-14-29-52(51)62(43-21-7-2-8-22-43)69-58-41-48(39-47-27-17-31-54(60(47)58)66(61)69)46-34-35-53-57(40-46)64(45-25-11-4-12-26-45)67-55-32-18-30-50-49(59-33-15-16-38-70-59)36-37-56(65(50)55)68(67)63(53)44-23-9-3-10-24-44/h1-41H. The van der Waals surface area contributed by atoms with Gasteiger partial charge in [0.2, 0.25) is 0 Å². The van der Waals surface area contributed by atoms with Gasteiger partial charge in [0.25, 0.3) is 0 Å². The van der Waals surface area contributed by atoms with E-state index in [-0.39, 0.29) is 0 Å². The predicted octanol–water partition coefficient (Wildman–Crippen LogP) is 19.0. The zero-order valence-electron chi connectivity index (χ0n) is 38.1. The number of hydrogen-bond acceptors (Lipinski definition) is 1. The molecule has 13 aromatic rings. The molecule has 70 heavy (non-hydrogen) atoms. The highest BCUT2D eigenvalue weighted by Crippen LogP contribution is 2.61. The Morgan fingerprint density at radius 1 is 0.214 bits per heavy atom. The summed E-state index contributed by atoms with van der Waals surface area (Å²) in [6, 6.07) is 90.0. The largest absolute Gasteiger partial charge is 0.256 e. The molecule has 0 saturated heterocycles. The molecule has 322 valence electrons. The zero-order chi connectivity index (χ0) is 45.9. The molecule has 0 unspecified atom stereocenters. The van der Waals surface area contributed by atoms with Crippen molar-refractivity contribution < 1.29 is 0 Å². The highest BCUT2D eigenvalue weighted by Gasteiger charge is 2.33. The van der Waals surface area contributed by atoms with E-state index >= 15 is 0 Å². The maximum Gasteiger partial charge on any atom is 0.0708 e. The SMILES string of the molecule is c1ccc(-c2c3c(c(-c4ccccc4)c4ccccc24)-c2cc(-c4ccc5c(-c6ccccc6)c6c(c(-c7ccccc7)c5c4)-c4cccc5c(-c7ccccn7)ccc-6c45)cc4cccc-3c24)cc1. The topological polar surface area (TPSA) is 12.9 Å². The third-order valence-corrected chi connectivity index (χ3v) is 15.1. The molecule has 1 aromatic heterocycles. The number of fused-ring (bicyclic) bond motifs is 8. The van der Waals surface area contributed by atoms with E-state index in [0.29, 0.717) is 0 Å². The van der Waals surface area contributed by atoms with E-state index in [4.69, 9.17) is 4.98 Å². The molecule has 0 fully saturated rings. The molecule has 0 spiro atoms. The quantitative estimate of drug-likeness (QED) is 0.162. The van der Waals surface area contributed by atoms with Gasteiger partial charge in [0.1, 0.15) is 0 Å². The second kappa shape index (κ2) is 15.2. The third kappa shape index (κ3) is 5.58. The molecule has 15 rings (SSSR count). The number of aromatic nitrogens is 1. The summed E-state index contributed by atoms with van der Waals surface area (Å²) >= 11 is 0. The molecule has 0 N–H and O–H groups in total. The highest BCUT2D eigenvalue weighted by atomic mass is 14.7. The lowest BCUT2D eigenvalue weighted by Crippen LogP contribution is -1.94. The second-order valence-corrected chi connectivity index (χ2v) is 18.8. The summed E-state index contributed by atoms with van der Waals surface area (Å²) in [5, 5.41) is 10.1. The fourth-order valence-electron chi connectivity index (χ4n) is 12.4. The molecule has 0 saturated carbocycles. The molecule has 1 heterocycles. The van der Waals surface area contributed by atoms with E-state index in [1.165, 1.54) is 143 Å². The van der Waals surface area contributed by atoms with Crippen LogP contribution in [0.3, 0.4) is 0 Å². The first-order valence-corrected chi connectivity index (χ1v) is 24.3. The van der Waals surface area contributed by atoms with Crippen LogP contribution in [0.2, 0.25) is 0 Å². The Balaban J connectivity index is 1.04. The first kappa shape index (κ1) is 38.9. The lowest BCUT2D eigenvalue weighted by Gasteiger charge is -2.21. The van der Waals surface area contributed by atoms with Crippen LogP contribution in [0, 0.1) is 0 Å². The number of nitrogens with zero attached hydrogens (tertiary/aromatic N) is 1. The van der Waals surface area contributed by atoms with Crippen LogP contribution in [-0.4, -0.2) is 4.98 Å². The number of pyridine rings is 1. The van der Waals surface area contributed by atoms with Crippen molar-refractivity contribution in [2.45, 2.75) is 0 Å². The van der Waals surface area contributed by atoms with Gasteiger partial charge in [0.05, 0.1) is 5.69 Å². The van der Waals surface area contributed by atoms with E-state index in [1.54, 1.807) is 0 Å². The molecule has 12 aromatic carbocycles. The van der Waals surface area contributed by atoms with Gasteiger partial charge in [-0.2, -0.15) is 0 Å². The van der Waals surface area contributed by atoms with Crippen LogP contribution in [0.15, 0.2) is 249 Å². The van der Waals surface area contributed by atoms with Gasteiger partial charge < -0.3 is 0 Å². The maximum absolute atomic E-state index is 4.84. The summed E-state index contributed by atoms with van der Waals surface area (Å²) in [7, 11) is 0. The summed E-state index contributed by atoms with van der Waals surface area (Å²) < 4.78 is 0. The normalized spacial score (nSPS) is 12.0. The monoisotopic (exact) mass is 883 g/mol. The molecule has 2 aliphatic rings. The molecule has 0 radical (unpaired) electrons. The Kier molecular flexibility index (Phi) is 8.43. The fourth-order valence-corrected chi connectivity index (χ4v) is 12.4. The number of hydrogen-bond donors (Lipinski definition) is 0. The van der Waals surface area contributed by atoms with Crippen LogP contribution in [0.25, 0.3) is 154 Å². The average Bonchev–Trinajstić information content (AvgIpc) is 3.94. The summed E-state index contributed by atoms with van der Waals surface area (Å²) in [5.74, 6) is 0. The van der Waals surface area contributed by atoms with Crippen molar-refractivity contribution in [2.75, 3.05) is 0 Å². The predicted molar refractivity (Wildman–Crippen MR) is 296 cm³/mol. The van der Waals surface area contributed by atoms with Gasteiger partial charge in [-0.15, -0.1) is 0 Å². The third-order valence-electron chi connectivity index (χ3n) is 15.1. The van der Waals surface area contributed by atoms with Crippen molar-refractivity contribution in [1.29, 1.82) is 0 Å². The molecule has 0 amide bonds. The molecular formula is C69H41N. The zero-order valence-corrected chi connectivity index (χ0v) is 38.1. The molecule has 2 aliphatic carbocycles. The van der Waals surface area contributed by atoms with Gasteiger partial charge in [-0.3, -0.25) is 4.98 Å². The van der Waals surface area contributed by atoms with Crippen LogP contribution in [0.5, 0.6) is 0 Å². The Labute approximate surface area is 406 Å². The van der Waals surface area contributed by atoms with Gasteiger partial charge in [-0.1, -0.05) is 212 Å². The summed E-state index contributed by atoms with van der Waals surface area (Å²) in [6.45, 7) is 0. The molecule has 1 heteroatoms. The van der Waals surface area contributed by atoms with Gasteiger partial charge in [-0.25, -0.2) is 0 Å². The van der Waals surface area contributed by atoms with Crippen LogP contribution in [0.1, 0.15) is 0 Å². The van der Waals surface area contributed by atoms with Crippen molar-refractivity contribution in [1.82, 2.24) is 4.98 Å². The summed E-state index contributed by atoms with van der Waals surface area (Å²) in [5.41, 5.74) is 24.8. The minimum absolute atomic E-state index is 0.984. The Morgan fingerprint density at radius 2 is 0.671 bits per heavy atom. The van der Waals surface area contributed by atoms with Crippen molar-refractivity contribution in [3.8, 4) is 111 Å². The van der Waals surface area contributed by atoms with E-state index < -0.39 is 0 Å². The second-order valence-electron chi connectivity index (χ2n) is 18.8. The highest BCUT2D eigenvalue weighted by molar-refractivity contribution is 6.30. The van der Waals surface area contributed by atoms with E-state index in [1.807, 2.05) is 12.3 Å². The number of rotatable bonds is 6. The first-order valence-electron chi connectivity index (χ1n) is 24.3. The van der Waals surface area contributed by atoms with Gasteiger partial charge in [0.15, 0.2) is 0 Å². The van der Waals surface area contributed by atoms with Crippen molar-refractivity contribution >= 4 is 43.1 Å². The van der Waals surface area contributed by atoms with Gasteiger partial charge in [0, 0.05) is 11.8 Å². The molecule has 0 bridgehead atoms. The van der Waals surface area contributed by atoms with Crippen molar-refractivity contribution in [3.63, 3.8) is 0 Å². The molecule has 1 nitrogen and oxygen atoms in total. The maximum atomic E-state index is 4.84. The smallest absolute Gasteiger partial charge is 0.0708 e. The van der Waals surface area contributed by atoms with E-state index in [2.05, 4.69) is 237 Å². The Bertz CT molecular complexity index is 4290. The van der Waals surface area contributed by atoms with Gasteiger partial charge in [-0.05, 0) is 174 Å². The van der Waals surface area contributed by atoms with E-state index in [9.17, 15) is 0 Å². The summed E-state index contributed by atoms with van der Waals surface area (Å²) in [6.07, 6.45) is 1.89. The van der Waals surface area contributed by atoms with Crippen molar-refractivity contribution in [3.05, 3.63) is 249 Å². The first-order chi connectivity index (χ1) is 34.8. The Morgan fingerprint density at radius 3 is 1.24 bits per heavy atom. The molecule has 0 aliphatic heterocycles.